The van der Waals surface area contributed by atoms with Crippen molar-refractivity contribution in [2.75, 3.05) is 19.8 Å². The Morgan fingerprint density at radius 2 is 2.00 bits per heavy atom. The molecule has 4 rings (SSSR count). The third-order valence-electron chi connectivity index (χ3n) is 5.24. The topological polar surface area (TPSA) is 64.8 Å². The van der Waals surface area contributed by atoms with E-state index in [0.29, 0.717) is 19.6 Å². The van der Waals surface area contributed by atoms with Gasteiger partial charge in [-0.15, -0.1) is 0 Å². The van der Waals surface area contributed by atoms with Gasteiger partial charge in [0, 0.05) is 18.5 Å². The summed E-state index contributed by atoms with van der Waals surface area (Å²) in [5, 5.41) is 3.95. The molecule has 1 aromatic heterocycles. The second kappa shape index (κ2) is 7.02. The van der Waals surface area contributed by atoms with E-state index in [1.54, 1.807) is 0 Å². The fraction of sp³-hybridized carbons (Fsp3) is 0.500. The first kappa shape index (κ1) is 16.9. The number of carbonyl (C=O) groups excluding carboxylic acids is 1. The first-order chi connectivity index (χ1) is 12.6. The molecule has 1 amide bonds. The molecule has 0 bridgehead atoms. The lowest BCUT2D eigenvalue weighted by Gasteiger charge is -2.26. The van der Waals surface area contributed by atoms with Gasteiger partial charge in [-0.1, -0.05) is 11.2 Å². The number of aryl methyl sites for hydroxylation is 2. The van der Waals surface area contributed by atoms with Gasteiger partial charge in [0.05, 0.1) is 31.4 Å². The van der Waals surface area contributed by atoms with Crippen molar-refractivity contribution in [1.82, 2.24) is 10.1 Å². The molecule has 1 saturated heterocycles. The number of amides is 1. The molecule has 0 aliphatic carbocycles. The molecule has 6 heteroatoms. The van der Waals surface area contributed by atoms with Crippen LogP contribution in [0.25, 0.3) is 0 Å². The predicted octanol–water partition coefficient (Wildman–Crippen LogP) is 3.36. The summed E-state index contributed by atoms with van der Waals surface area (Å²) in [5.74, 6) is 2.42. The summed E-state index contributed by atoms with van der Waals surface area (Å²) >= 11 is 0. The minimum atomic E-state index is 0.0834. The van der Waals surface area contributed by atoms with E-state index < -0.39 is 0 Å². The van der Waals surface area contributed by atoms with Gasteiger partial charge in [-0.2, -0.15) is 0 Å². The average molecular weight is 356 g/mol. The lowest BCUT2D eigenvalue weighted by Crippen LogP contribution is -2.32. The Bertz CT molecular complexity index is 795. The van der Waals surface area contributed by atoms with Gasteiger partial charge in [0.25, 0.3) is 0 Å². The molecule has 0 spiro atoms. The normalized spacial score (nSPS) is 19.5. The molecule has 138 valence electrons. The monoisotopic (exact) mass is 356 g/mol. The van der Waals surface area contributed by atoms with Crippen LogP contribution in [0.5, 0.6) is 11.5 Å². The van der Waals surface area contributed by atoms with Crippen molar-refractivity contribution in [2.24, 2.45) is 0 Å². The van der Waals surface area contributed by atoms with E-state index in [4.69, 9.17) is 14.0 Å². The summed E-state index contributed by atoms with van der Waals surface area (Å²) in [7, 11) is 0. The average Bonchev–Trinajstić information content (AvgIpc) is 3.16. The fourth-order valence-corrected chi connectivity index (χ4v) is 3.81. The maximum atomic E-state index is 12.9. The van der Waals surface area contributed by atoms with E-state index in [9.17, 15) is 4.79 Å². The SMILES string of the molecule is Cc1noc(C)c1CC(=O)N1CCC[C@H]1c1ccc2c(c1)OCCCO2. The fourth-order valence-electron chi connectivity index (χ4n) is 3.81. The standard InChI is InChI=1S/C20H24N2O4/c1-13-16(14(2)26-21-13)12-20(23)22-8-3-5-17(22)15-6-7-18-19(11-15)25-10-4-9-24-18/h6-7,11,17H,3-5,8-10,12H2,1-2H3/t17-/m0/s1. The molecule has 3 heterocycles. The Kier molecular flexibility index (Phi) is 4.57. The number of fused-ring (bicyclic) bond motifs is 1. The first-order valence-electron chi connectivity index (χ1n) is 9.24. The molecule has 0 saturated carbocycles. The molecule has 6 nitrogen and oxygen atoms in total. The molecule has 1 atom stereocenters. The Balaban J connectivity index is 1.55. The molecule has 1 aromatic carbocycles. The molecule has 2 aliphatic rings. The summed E-state index contributed by atoms with van der Waals surface area (Å²) in [5.41, 5.74) is 2.81. The molecule has 0 radical (unpaired) electrons. The Hall–Kier alpha value is -2.50. The van der Waals surface area contributed by atoms with Crippen molar-refractivity contribution in [2.45, 2.75) is 45.6 Å². The zero-order chi connectivity index (χ0) is 18.1. The summed E-state index contributed by atoms with van der Waals surface area (Å²) in [4.78, 5) is 14.9. The van der Waals surface area contributed by atoms with Crippen LogP contribution in [0.4, 0.5) is 0 Å². The van der Waals surface area contributed by atoms with Crippen LogP contribution in [0.3, 0.4) is 0 Å². The lowest BCUT2D eigenvalue weighted by atomic mass is 10.0. The number of nitrogens with zero attached hydrogens (tertiary/aromatic N) is 2. The van der Waals surface area contributed by atoms with Crippen LogP contribution >= 0.6 is 0 Å². The van der Waals surface area contributed by atoms with E-state index in [-0.39, 0.29) is 11.9 Å². The van der Waals surface area contributed by atoms with Crippen LogP contribution in [0.2, 0.25) is 0 Å². The molecule has 2 aliphatic heterocycles. The highest BCUT2D eigenvalue weighted by Crippen LogP contribution is 2.38. The molecular formula is C20H24N2O4. The highest BCUT2D eigenvalue weighted by molar-refractivity contribution is 5.80. The summed E-state index contributed by atoms with van der Waals surface area (Å²) in [6.45, 7) is 5.85. The maximum absolute atomic E-state index is 12.9. The highest BCUT2D eigenvalue weighted by Gasteiger charge is 2.31. The Labute approximate surface area is 153 Å². The van der Waals surface area contributed by atoms with Gasteiger partial charge in [0.15, 0.2) is 11.5 Å². The maximum Gasteiger partial charge on any atom is 0.227 e. The number of ether oxygens (including phenoxy) is 2. The van der Waals surface area contributed by atoms with Crippen molar-refractivity contribution in [3.63, 3.8) is 0 Å². The largest absolute Gasteiger partial charge is 0.490 e. The van der Waals surface area contributed by atoms with Crippen LogP contribution in [0, 0.1) is 13.8 Å². The van der Waals surface area contributed by atoms with E-state index in [1.165, 1.54) is 0 Å². The molecular weight excluding hydrogens is 332 g/mol. The third kappa shape index (κ3) is 3.16. The van der Waals surface area contributed by atoms with Crippen LogP contribution in [0.1, 0.15) is 47.9 Å². The van der Waals surface area contributed by atoms with Gasteiger partial charge in [-0.25, -0.2) is 0 Å². The number of rotatable bonds is 3. The van der Waals surface area contributed by atoms with Gasteiger partial charge >= 0.3 is 0 Å². The summed E-state index contributed by atoms with van der Waals surface area (Å²) in [6, 6.07) is 6.14. The predicted molar refractivity (Wildman–Crippen MR) is 95.4 cm³/mol. The minimum absolute atomic E-state index is 0.0834. The van der Waals surface area contributed by atoms with Gasteiger partial charge < -0.3 is 18.9 Å². The van der Waals surface area contributed by atoms with Crippen molar-refractivity contribution >= 4 is 5.91 Å². The second-order valence-electron chi connectivity index (χ2n) is 6.98. The molecule has 1 fully saturated rings. The second-order valence-corrected chi connectivity index (χ2v) is 6.98. The molecule has 2 aromatic rings. The minimum Gasteiger partial charge on any atom is -0.490 e. The van der Waals surface area contributed by atoms with Gasteiger partial charge in [0.2, 0.25) is 5.91 Å². The number of hydrogen-bond donors (Lipinski definition) is 0. The quantitative estimate of drug-likeness (QED) is 0.844. The van der Waals surface area contributed by atoms with Crippen molar-refractivity contribution < 1.29 is 18.8 Å². The first-order valence-corrected chi connectivity index (χ1v) is 9.24. The number of benzene rings is 1. The number of aromatic nitrogens is 1. The molecule has 26 heavy (non-hydrogen) atoms. The Morgan fingerprint density at radius 1 is 1.19 bits per heavy atom. The Morgan fingerprint density at radius 3 is 2.77 bits per heavy atom. The zero-order valence-electron chi connectivity index (χ0n) is 15.3. The van der Waals surface area contributed by atoms with E-state index in [2.05, 4.69) is 11.2 Å². The molecule has 0 N–H and O–H groups in total. The molecule has 0 unspecified atom stereocenters. The third-order valence-corrected chi connectivity index (χ3v) is 5.24. The lowest BCUT2D eigenvalue weighted by molar-refractivity contribution is -0.131. The number of hydrogen-bond acceptors (Lipinski definition) is 5. The summed E-state index contributed by atoms with van der Waals surface area (Å²) < 4.78 is 16.7. The number of likely N-dealkylation sites (tertiary alicyclic amines) is 1. The van der Waals surface area contributed by atoms with Crippen LogP contribution in [0.15, 0.2) is 22.7 Å². The van der Waals surface area contributed by atoms with Crippen molar-refractivity contribution in [1.29, 1.82) is 0 Å². The van der Waals surface area contributed by atoms with E-state index >= 15 is 0 Å². The highest BCUT2D eigenvalue weighted by atomic mass is 16.5. The smallest absolute Gasteiger partial charge is 0.227 e. The van der Waals surface area contributed by atoms with Gasteiger partial charge in [-0.05, 0) is 44.4 Å². The van der Waals surface area contributed by atoms with Crippen LogP contribution in [-0.4, -0.2) is 35.7 Å². The van der Waals surface area contributed by atoms with Crippen LogP contribution < -0.4 is 9.47 Å². The summed E-state index contributed by atoms with van der Waals surface area (Å²) in [6.07, 6.45) is 3.19. The van der Waals surface area contributed by atoms with Crippen molar-refractivity contribution in [3.05, 3.63) is 40.8 Å². The van der Waals surface area contributed by atoms with E-state index in [0.717, 1.165) is 59.9 Å². The number of carbonyl (C=O) groups is 1. The van der Waals surface area contributed by atoms with Crippen LogP contribution in [-0.2, 0) is 11.2 Å². The van der Waals surface area contributed by atoms with E-state index in [1.807, 2.05) is 30.9 Å². The van der Waals surface area contributed by atoms with Gasteiger partial charge in [0.1, 0.15) is 5.76 Å². The van der Waals surface area contributed by atoms with Gasteiger partial charge in [-0.3, -0.25) is 4.79 Å². The van der Waals surface area contributed by atoms with Crippen molar-refractivity contribution in [3.8, 4) is 11.5 Å². The zero-order valence-corrected chi connectivity index (χ0v) is 15.3.